The lowest BCUT2D eigenvalue weighted by molar-refractivity contribution is -0.143. The summed E-state index contributed by atoms with van der Waals surface area (Å²) in [4.78, 5) is 28.9. The fourth-order valence-electron chi connectivity index (χ4n) is 2.88. The van der Waals surface area contributed by atoms with Gasteiger partial charge in [0, 0.05) is 5.56 Å². The second-order valence-electron chi connectivity index (χ2n) is 6.68. The highest BCUT2D eigenvalue weighted by Crippen LogP contribution is 2.29. The van der Waals surface area contributed by atoms with Crippen molar-refractivity contribution in [2.75, 3.05) is 6.61 Å². The number of carbonyl (C=O) groups excluding carboxylic acids is 2. The van der Waals surface area contributed by atoms with E-state index in [1.54, 1.807) is 11.5 Å². The van der Waals surface area contributed by atoms with E-state index in [9.17, 15) is 22.8 Å². The van der Waals surface area contributed by atoms with Crippen molar-refractivity contribution in [2.45, 2.75) is 33.5 Å². The number of esters is 1. The Hall–Kier alpha value is -2.94. The van der Waals surface area contributed by atoms with Gasteiger partial charge in [0.05, 0.1) is 22.4 Å². The lowest BCUT2D eigenvalue weighted by Gasteiger charge is -2.07. The zero-order chi connectivity index (χ0) is 22.1. The van der Waals surface area contributed by atoms with Gasteiger partial charge in [-0.05, 0) is 62.2 Å². The summed E-state index contributed by atoms with van der Waals surface area (Å²) in [6, 6.07) is 7.90. The molecule has 0 atom stereocenters. The number of nitrogens with zero attached hydrogens (tertiary/aromatic N) is 2. The lowest BCUT2D eigenvalue weighted by Crippen LogP contribution is -2.23. The summed E-state index contributed by atoms with van der Waals surface area (Å²) in [5, 5.41) is 0. The molecule has 0 aliphatic carbocycles. The Balaban J connectivity index is 2.13. The molecule has 1 heterocycles. The number of halogens is 3. The molecule has 3 rings (SSSR count). The number of hydrogen-bond donors (Lipinski definition) is 0. The highest BCUT2D eigenvalue weighted by molar-refractivity contribution is 7.16. The number of aromatic nitrogens is 1. The van der Waals surface area contributed by atoms with Gasteiger partial charge >= 0.3 is 12.1 Å². The second kappa shape index (κ2) is 8.43. The molecule has 0 spiro atoms. The molecule has 9 heteroatoms. The van der Waals surface area contributed by atoms with Crippen LogP contribution in [0.25, 0.3) is 10.2 Å². The van der Waals surface area contributed by atoms with Gasteiger partial charge < -0.3 is 9.30 Å². The Kier molecular flexibility index (Phi) is 6.12. The summed E-state index contributed by atoms with van der Waals surface area (Å²) in [6.45, 7) is 5.59. The van der Waals surface area contributed by atoms with Gasteiger partial charge in [-0.3, -0.25) is 9.59 Å². The fourth-order valence-corrected chi connectivity index (χ4v) is 3.98. The molecule has 0 fully saturated rings. The number of alkyl halides is 3. The number of carbonyl (C=O) groups is 2. The summed E-state index contributed by atoms with van der Waals surface area (Å²) < 4.78 is 46.2. The van der Waals surface area contributed by atoms with E-state index in [0.29, 0.717) is 5.52 Å². The van der Waals surface area contributed by atoms with Gasteiger partial charge in [0.2, 0.25) is 0 Å². The van der Waals surface area contributed by atoms with Crippen LogP contribution in [0.3, 0.4) is 0 Å². The first-order valence-corrected chi connectivity index (χ1v) is 9.94. The predicted molar refractivity (Wildman–Crippen MR) is 107 cm³/mol. The monoisotopic (exact) mass is 436 g/mol. The van der Waals surface area contributed by atoms with Crippen LogP contribution in [0.15, 0.2) is 41.4 Å². The van der Waals surface area contributed by atoms with Crippen LogP contribution >= 0.6 is 11.3 Å². The van der Waals surface area contributed by atoms with Gasteiger partial charge in [-0.1, -0.05) is 17.4 Å². The third-order valence-corrected chi connectivity index (χ3v) is 5.57. The van der Waals surface area contributed by atoms with Crippen LogP contribution in [0.2, 0.25) is 0 Å². The lowest BCUT2D eigenvalue weighted by atomic mass is 10.1. The van der Waals surface area contributed by atoms with Crippen LogP contribution in [-0.2, 0) is 22.3 Å². The van der Waals surface area contributed by atoms with E-state index >= 15 is 0 Å². The summed E-state index contributed by atoms with van der Waals surface area (Å²) in [5.74, 6) is -1.32. The molecule has 5 nitrogen and oxygen atoms in total. The van der Waals surface area contributed by atoms with Crippen LogP contribution in [0.1, 0.15) is 34.0 Å². The Morgan fingerprint density at radius 2 is 1.83 bits per heavy atom. The molecule has 0 aliphatic heterocycles. The molecule has 1 aromatic heterocycles. The maximum Gasteiger partial charge on any atom is 0.416 e. The first-order valence-electron chi connectivity index (χ1n) is 9.12. The number of fused-ring (bicyclic) bond motifs is 1. The first kappa shape index (κ1) is 21.8. The molecular weight excluding hydrogens is 417 g/mol. The van der Waals surface area contributed by atoms with Gasteiger partial charge in [-0.25, -0.2) is 0 Å². The molecule has 0 N–H and O–H groups in total. The smallest absolute Gasteiger partial charge is 0.416 e. The number of benzene rings is 2. The van der Waals surface area contributed by atoms with Gasteiger partial charge in [-0.15, -0.1) is 0 Å². The van der Waals surface area contributed by atoms with Gasteiger partial charge in [0.25, 0.3) is 5.91 Å². The molecular formula is C21H19F3N2O3S. The standard InChI is InChI=1S/C21H19F3N2O3S/c1-4-29-18(27)11-26-16-8-12(2)13(3)9-17(16)30-20(26)25-19(28)14-6-5-7-15(10-14)21(22,23)24/h5-10H,4,11H2,1-3H3. The van der Waals surface area contributed by atoms with Gasteiger partial charge in [0.15, 0.2) is 4.80 Å². The minimum atomic E-state index is -4.56. The maximum absolute atomic E-state index is 13.0. The predicted octanol–water partition coefficient (Wildman–Crippen LogP) is 4.64. The second-order valence-corrected chi connectivity index (χ2v) is 7.68. The normalized spacial score (nSPS) is 12.4. The van der Waals surface area contributed by atoms with Crippen molar-refractivity contribution >= 4 is 33.4 Å². The summed E-state index contributed by atoms with van der Waals surface area (Å²) in [7, 11) is 0. The van der Waals surface area contributed by atoms with Crippen molar-refractivity contribution < 1.29 is 27.5 Å². The molecule has 0 radical (unpaired) electrons. The Morgan fingerprint density at radius 3 is 2.50 bits per heavy atom. The minimum Gasteiger partial charge on any atom is -0.465 e. The zero-order valence-corrected chi connectivity index (χ0v) is 17.4. The minimum absolute atomic E-state index is 0.162. The third kappa shape index (κ3) is 4.62. The van der Waals surface area contributed by atoms with Crippen molar-refractivity contribution in [1.29, 1.82) is 0 Å². The summed E-state index contributed by atoms with van der Waals surface area (Å²) in [5.41, 5.74) is 1.62. The zero-order valence-electron chi connectivity index (χ0n) is 16.5. The molecule has 0 saturated heterocycles. The molecule has 3 aromatic rings. The number of amides is 1. The summed E-state index contributed by atoms with van der Waals surface area (Å²) >= 11 is 1.19. The number of hydrogen-bond acceptors (Lipinski definition) is 4. The molecule has 158 valence electrons. The average molecular weight is 436 g/mol. The molecule has 0 bridgehead atoms. The maximum atomic E-state index is 13.0. The molecule has 0 saturated carbocycles. The van der Waals surface area contributed by atoms with E-state index in [0.717, 1.165) is 34.0 Å². The van der Waals surface area contributed by atoms with Crippen molar-refractivity contribution in [2.24, 2.45) is 4.99 Å². The average Bonchev–Trinajstić information content (AvgIpc) is 2.98. The van der Waals surface area contributed by atoms with E-state index in [-0.39, 0.29) is 23.5 Å². The number of thiazole rings is 1. The Morgan fingerprint density at radius 1 is 1.13 bits per heavy atom. The highest BCUT2D eigenvalue weighted by atomic mass is 32.1. The fraction of sp³-hybridized carbons (Fsp3) is 0.286. The van der Waals surface area contributed by atoms with Crippen molar-refractivity contribution in [3.63, 3.8) is 0 Å². The molecule has 0 unspecified atom stereocenters. The SMILES string of the molecule is CCOC(=O)Cn1c(=NC(=O)c2cccc(C(F)(F)F)c2)sc2cc(C)c(C)cc21. The van der Waals surface area contributed by atoms with Crippen LogP contribution in [0.4, 0.5) is 13.2 Å². The highest BCUT2D eigenvalue weighted by Gasteiger charge is 2.30. The van der Waals surface area contributed by atoms with Crippen LogP contribution in [-0.4, -0.2) is 23.1 Å². The molecule has 30 heavy (non-hydrogen) atoms. The van der Waals surface area contributed by atoms with E-state index in [4.69, 9.17) is 4.74 Å². The number of rotatable bonds is 4. The van der Waals surface area contributed by atoms with Crippen LogP contribution in [0.5, 0.6) is 0 Å². The first-order chi connectivity index (χ1) is 14.1. The van der Waals surface area contributed by atoms with Crippen LogP contribution in [0, 0.1) is 13.8 Å². The van der Waals surface area contributed by atoms with Gasteiger partial charge in [0.1, 0.15) is 6.54 Å². The van der Waals surface area contributed by atoms with Crippen molar-refractivity contribution in [1.82, 2.24) is 4.57 Å². The van der Waals surface area contributed by atoms with E-state index in [2.05, 4.69) is 4.99 Å². The van der Waals surface area contributed by atoms with Crippen molar-refractivity contribution in [3.8, 4) is 0 Å². The van der Waals surface area contributed by atoms with E-state index in [1.165, 1.54) is 17.4 Å². The Bertz CT molecular complexity index is 1190. The molecule has 1 amide bonds. The van der Waals surface area contributed by atoms with Gasteiger partial charge in [-0.2, -0.15) is 18.2 Å². The van der Waals surface area contributed by atoms with E-state index < -0.39 is 23.6 Å². The topological polar surface area (TPSA) is 60.7 Å². The van der Waals surface area contributed by atoms with E-state index in [1.807, 2.05) is 26.0 Å². The van der Waals surface area contributed by atoms with Crippen molar-refractivity contribution in [3.05, 3.63) is 63.5 Å². The number of ether oxygens (including phenoxy) is 1. The van der Waals surface area contributed by atoms with Crippen LogP contribution < -0.4 is 4.80 Å². The molecule has 2 aromatic carbocycles. The third-order valence-electron chi connectivity index (χ3n) is 4.52. The summed E-state index contributed by atoms with van der Waals surface area (Å²) in [6.07, 6.45) is -4.56. The molecule has 0 aliphatic rings. The number of aryl methyl sites for hydroxylation is 2. The Labute approximate surface area is 174 Å². The quantitative estimate of drug-likeness (QED) is 0.560. The largest absolute Gasteiger partial charge is 0.465 e.